The standard InChI is InChI=1S/C29H37NO10/c1-14(31)40-18-11-28(2)16(5-6-19(28)32)20-22(18)29(3)13-39-27(37)21(23(29)25(34)24(20)33)17(12-38-4)30-9-7-15(8-10-30)26(35)36/h15-16,18-19,32,34H,5-13H2,1-4H3,(H,35,36). The molecule has 3 N–H and O–H groups in total. The molecule has 2 saturated heterocycles. The molecule has 1 saturated carbocycles. The molecule has 3 aliphatic carbocycles. The van der Waals surface area contributed by atoms with E-state index in [2.05, 4.69) is 0 Å². The third-order valence-electron chi connectivity index (χ3n) is 9.76. The Hall–Kier alpha value is -3.18. The summed E-state index contributed by atoms with van der Waals surface area (Å²) < 4.78 is 17.0. The van der Waals surface area contributed by atoms with Crippen LogP contribution < -0.4 is 0 Å². The zero-order chi connectivity index (χ0) is 29.1. The fourth-order valence-corrected chi connectivity index (χ4v) is 7.75. The predicted molar refractivity (Wildman–Crippen MR) is 139 cm³/mol. The quantitative estimate of drug-likeness (QED) is 0.334. The number of carbonyl (C=O) groups excluding carboxylic acids is 3. The van der Waals surface area contributed by atoms with Gasteiger partial charge in [-0.2, -0.15) is 0 Å². The van der Waals surface area contributed by atoms with E-state index < -0.39 is 58.4 Å². The molecule has 40 heavy (non-hydrogen) atoms. The lowest BCUT2D eigenvalue weighted by molar-refractivity contribution is -0.152. The number of ketones is 1. The second kappa shape index (κ2) is 10.0. The first kappa shape index (κ1) is 28.4. The molecule has 11 nitrogen and oxygen atoms in total. The number of rotatable bonds is 5. The Balaban J connectivity index is 1.68. The number of aliphatic carboxylic acids is 1. The van der Waals surface area contributed by atoms with Gasteiger partial charge in [-0.3, -0.25) is 14.4 Å². The summed E-state index contributed by atoms with van der Waals surface area (Å²) in [6, 6.07) is 0. The minimum atomic E-state index is -1.19. The lowest BCUT2D eigenvalue weighted by atomic mass is 9.55. The maximum atomic E-state index is 14.0. The van der Waals surface area contributed by atoms with Crippen LogP contribution in [0.15, 0.2) is 33.7 Å². The Bertz CT molecular complexity index is 1260. The van der Waals surface area contributed by atoms with Crippen molar-refractivity contribution in [3.63, 3.8) is 0 Å². The predicted octanol–water partition coefficient (Wildman–Crippen LogP) is 2.05. The van der Waals surface area contributed by atoms with Gasteiger partial charge in [-0.25, -0.2) is 4.79 Å². The molecule has 0 amide bonds. The second-order valence-electron chi connectivity index (χ2n) is 12.1. The number of aliphatic hydroxyl groups excluding tert-OH is 2. The number of piperidine rings is 1. The number of methoxy groups -OCH3 is 1. The van der Waals surface area contributed by atoms with Gasteiger partial charge < -0.3 is 34.4 Å². The van der Waals surface area contributed by atoms with Gasteiger partial charge in [0.25, 0.3) is 0 Å². The molecular weight excluding hydrogens is 522 g/mol. The number of carboxylic acid groups (broad SMARTS) is 1. The van der Waals surface area contributed by atoms with Crippen LogP contribution in [0.1, 0.15) is 52.9 Å². The van der Waals surface area contributed by atoms with E-state index >= 15 is 0 Å². The first-order valence-electron chi connectivity index (χ1n) is 13.8. The lowest BCUT2D eigenvalue weighted by Gasteiger charge is -2.52. The Kier molecular flexibility index (Phi) is 7.11. The summed E-state index contributed by atoms with van der Waals surface area (Å²) in [4.78, 5) is 53.1. The smallest absolute Gasteiger partial charge is 0.340 e. The summed E-state index contributed by atoms with van der Waals surface area (Å²) in [7, 11) is 1.46. The van der Waals surface area contributed by atoms with Gasteiger partial charge in [0, 0.05) is 43.7 Å². The van der Waals surface area contributed by atoms with Crippen LogP contribution in [0.4, 0.5) is 0 Å². The second-order valence-corrected chi connectivity index (χ2v) is 12.1. The molecule has 0 bridgehead atoms. The molecule has 3 fully saturated rings. The SMILES string of the molecule is COCC(=C1C(=O)OCC2(C)C1=C(O)C(=O)C1=C2C(OC(C)=O)CC2(C)C(O)CCC12)N1CCC(C(=O)O)CC1. The fourth-order valence-electron chi connectivity index (χ4n) is 7.75. The number of likely N-dealkylation sites (tertiary alicyclic amines) is 1. The minimum absolute atomic E-state index is 0.0168. The first-order chi connectivity index (χ1) is 18.8. The number of esters is 2. The average Bonchev–Trinajstić information content (AvgIpc) is 3.19. The zero-order valence-corrected chi connectivity index (χ0v) is 23.3. The van der Waals surface area contributed by atoms with E-state index in [1.54, 1.807) is 6.92 Å². The number of carboxylic acids is 1. The molecule has 0 aromatic heterocycles. The highest BCUT2D eigenvalue weighted by Gasteiger charge is 2.62. The average molecular weight is 560 g/mol. The molecular formula is C29H37NO10. The summed E-state index contributed by atoms with van der Waals surface area (Å²) >= 11 is 0. The molecule has 5 rings (SSSR count). The number of cyclic esters (lactones) is 1. The maximum Gasteiger partial charge on any atom is 0.340 e. The summed E-state index contributed by atoms with van der Waals surface area (Å²) in [6.07, 6.45) is 0.430. The molecule has 5 atom stereocenters. The van der Waals surface area contributed by atoms with Crippen LogP contribution >= 0.6 is 0 Å². The molecule has 0 spiro atoms. The van der Waals surface area contributed by atoms with Crippen molar-refractivity contribution in [2.24, 2.45) is 22.7 Å². The third-order valence-corrected chi connectivity index (χ3v) is 9.76. The summed E-state index contributed by atoms with van der Waals surface area (Å²) in [5, 5.41) is 31.9. The van der Waals surface area contributed by atoms with Gasteiger partial charge in [0.05, 0.1) is 35.3 Å². The van der Waals surface area contributed by atoms with Crippen LogP contribution in [0, 0.1) is 22.7 Å². The molecule has 0 aromatic rings. The van der Waals surface area contributed by atoms with E-state index in [0.717, 1.165) is 0 Å². The van der Waals surface area contributed by atoms with E-state index in [1.807, 2.05) is 11.8 Å². The van der Waals surface area contributed by atoms with Gasteiger partial charge in [0.15, 0.2) is 5.76 Å². The van der Waals surface area contributed by atoms with Crippen molar-refractivity contribution >= 4 is 23.7 Å². The van der Waals surface area contributed by atoms with Gasteiger partial charge in [0.2, 0.25) is 5.78 Å². The maximum absolute atomic E-state index is 14.0. The highest BCUT2D eigenvalue weighted by atomic mass is 16.5. The number of Topliss-reactive ketones (excluding diaryl/α,β-unsaturated/α-hetero) is 1. The van der Waals surface area contributed by atoms with E-state index in [9.17, 15) is 34.5 Å². The van der Waals surface area contributed by atoms with Crippen LogP contribution in [0.5, 0.6) is 0 Å². The molecule has 2 heterocycles. The lowest BCUT2D eigenvalue weighted by Crippen LogP contribution is -2.53. The Labute approximate surface area is 232 Å². The highest BCUT2D eigenvalue weighted by molar-refractivity contribution is 6.13. The number of allylic oxidation sites excluding steroid dienone is 1. The monoisotopic (exact) mass is 559 g/mol. The van der Waals surface area contributed by atoms with Crippen LogP contribution in [0.3, 0.4) is 0 Å². The van der Waals surface area contributed by atoms with Crippen molar-refractivity contribution in [2.45, 2.75) is 65.1 Å². The first-order valence-corrected chi connectivity index (χ1v) is 13.8. The van der Waals surface area contributed by atoms with Gasteiger partial charge in [-0.1, -0.05) is 6.92 Å². The van der Waals surface area contributed by atoms with Crippen LogP contribution in [-0.4, -0.2) is 89.5 Å². The number of ether oxygens (including phenoxy) is 3. The number of carbonyl (C=O) groups is 4. The third kappa shape index (κ3) is 4.16. The molecule has 5 unspecified atom stereocenters. The molecule has 0 radical (unpaired) electrons. The van der Waals surface area contributed by atoms with E-state index in [1.165, 1.54) is 14.0 Å². The van der Waals surface area contributed by atoms with Gasteiger partial charge in [-0.15, -0.1) is 0 Å². The van der Waals surface area contributed by atoms with Crippen molar-refractivity contribution in [2.75, 3.05) is 33.4 Å². The van der Waals surface area contributed by atoms with Crippen molar-refractivity contribution in [1.29, 1.82) is 0 Å². The van der Waals surface area contributed by atoms with Gasteiger partial charge in [-0.05, 0) is 50.5 Å². The molecule has 0 aromatic carbocycles. The number of hydrogen-bond donors (Lipinski definition) is 3. The molecule has 5 aliphatic rings. The topological polar surface area (TPSA) is 160 Å². The Morgan fingerprint density at radius 2 is 1.80 bits per heavy atom. The highest BCUT2D eigenvalue weighted by Crippen LogP contribution is 2.62. The largest absolute Gasteiger partial charge is 0.504 e. The molecule has 11 heteroatoms. The van der Waals surface area contributed by atoms with Gasteiger partial charge >= 0.3 is 17.9 Å². The number of fused-ring (bicyclic) bond motifs is 4. The zero-order valence-electron chi connectivity index (χ0n) is 23.3. The fraction of sp³-hybridized carbons (Fsp3) is 0.655. The van der Waals surface area contributed by atoms with E-state index in [0.29, 0.717) is 55.6 Å². The molecule has 2 aliphatic heterocycles. The normalized spacial score (nSPS) is 35.6. The van der Waals surface area contributed by atoms with Crippen molar-refractivity contribution in [3.8, 4) is 0 Å². The Morgan fingerprint density at radius 1 is 1.12 bits per heavy atom. The van der Waals surface area contributed by atoms with E-state index in [4.69, 9.17) is 14.2 Å². The van der Waals surface area contributed by atoms with Crippen molar-refractivity contribution < 1.29 is 48.7 Å². The van der Waals surface area contributed by atoms with E-state index in [-0.39, 0.29) is 36.7 Å². The summed E-state index contributed by atoms with van der Waals surface area (Å²) in [5.41, 5.74) is -0.563. The van der Waals surface area contributed by atoms with Crippen LogP contribution in [0.25, 0.3) is 0 Å². The Morgan fingerprint density at radius 3 is 2.40 bits per heavy atom. The summed E-state index contributed by atoms with van der Waals surface area (Å²) in [6.45, 7) is 5.41. The molecule has 218 valence electrons. The number of nitrogens with zero attached hydrogens (tertiary/aromatic N) is 1. The minimum Gasteiger partial charge on any atom is -0.504 e. The number of hydrogen-bond acceptors (Lipinski definition) is 10. The van der Waals surface area contributed by atoms with Gasteiger partial charge in [0.1, 0.15) is 12.7 Å². The van der Waals surface area contributed by atoms with Crippen LogP contribution in [0.2, 0.25) is 0 Å². The number of aliphatic hydroxyl groups is 2. The summed E-state index contributed by atoms with van der Waals surface area (Å²) in [5.74, 6) is -4.21. The van der Waals surface area contributed by atoms with Crippen molar-refractivity contribution in [1.82, 2.24) is 4.90 Å². The van der Waals surface area contributed by atoms with Crippen molar-refractivity contribution in [3.05, 3.63) is 33.7 Å². The van der Waals surface area contributed by atoms with Crippen LogP contribution in [-0.2, 0) is 33.4 Å².